The van der Waals surface area contributed by atoms with E-state index in [1.807, 2.05) is 31.2 Å². The molecule has 0 bridgehead atoms. The van der Waals surface area contributed by atoms with Crippen LogP contribution in [0.1, 0.15) is 23.8 Å². The largest absolute Gasteiger partial charge is 0.368 e. The maximum atomic E-state index is 12.5. The highest BCUT2D eigenvalue weighted by Crippen LogP contribution is 2.56. The molecule has 0 fully saturated rings. The third-order valence-corrected chi connectivity index (χ3v) is 5.14. The van der Waals surface area contributed by atoms with Crippen LogP contribution in [0.25, 0.3) is 0 Å². The lowest BCUT2D eigenvalue weighted by Gasteiger charge is -2.24. The molecule has 0 amide bonds. The highest BCUT2D eigenvalue weighted by atomic mass is 35.5. The molecule has 2 N–H and O–H groups in total. The first-order valence-electron chi connectivity index (χ1n) is 6.98. The van der Waals surface area contributed by atoms with Crippen molar-refractivity contribution < 1.29 is 14.0 Å². The van der Waals surface area contributed by atoms with Gasteiger partial charge in [-0.25, -0.2) is 0 Å². The van der Waals surface area contributed by atoms with Gasteiger partial charge < -0.3 is 14.7 Å². The second-order valence-corrected chi connectivity index (χ2v) is 7.29. The quantitative estimate of drug-likeness (QED) is 0.729. The van der Waals surface area contributed by atoms with Crippen LogP contribution in [0, 0.1) is 6.92 Å². The predicted molar refractivity (Wildman–Crippen MR) is 90.4 cm³/mol. The maximum Gasteiger partial charge on any atom is 0.354 e. The standard InChI is InChI=1S/C16H19ClNO3P/c1-3-21-22(19,20)16(13-6-8-14(17)9-7-13)18-15-10-4-12(2)5-11-15/h4-11,16,18H,3H2,1-2H3,(H,19,20). The van der Waals surface area contributed by atoms with Crippen LogP contribution in [0.15, 0.2) is 48.5 Å². The lowest BCUT2D eigenvalue weighted by molar-refractivity contribution is 0.267. The van der Waals surface area contributed by atoms with Gasteiger partial charge in [-0.1, -0.05) is 41.4 Å². The highest BCUT2D eigenvalue weighted by Gasteiger charge is 2.33. The third kappa shape index (κ3) is 4.34. The second-order valence-electron chi connectivity index (χ2n) is 4.95. The molecule has 0 aromatic heterocycles. The van der Waals surface area contributed by atoms with E-state index < -0.39 is 13.4 Å². The number of nitrogens with one attached hydrogen (secondary N) is 1. The number of anilines is 1. The normalized spacial score (nSPS) is 15.1. The van der Waals surface area contributed by atoms with Gasteiger partial charge in [-0.05, 0) is 43.7 Å². The second kappa shape index (κ2) is 7.30. The Balaban J connectivity index is 2.34. The average Bonchev–Trinajstić information content (AvgIpc) is 2.47. The van der Waals surface area contributed by atoms with E-state index in [-0.39, 0.29) is 6.61 Å². The van der Waals surface area contributed by atoms with E-state index in [2.05, 4.69) is 5.32 Å². The van der Waals surface area contributed by atoms with Crippen molar-refractivity contribution in [3.8, 4) is 0 Å². The Hall–Kier alpha value is -1.32. The van der Waals surface area contributed by atoms with Crippen molar-refractivity contribution in [3.63, 3.8) is 0 Å². The zero-order chi connectivity index (χ0) is 16.2. The van der Waals surface area contributed by atoms with Crippen molar-refractivity contribution in [2.45, 2.75) is 19.6 Å². The predicted octanol–water partition coefficient (Wildman–Crippen LogP) is 4.98. The van der Waals surface area contributed by atoms with E-state index in [1.54, 1.807) is 31.2 Å². The number of hydrogen-bond acceptors (Lipinski definition) is 3. The number of halogens is 1. The van der Waals surface area contributed by atoms with Gasteiger partial charge in [-0.3, -0.25) is 4.57 Å². The lowest BCUT2D eigenvalue weighted by Crippen LogP contribution is -2.13. The van der Waals surface area contributed by atoms with Gasteiger partial charge in [0.25, 0.3) is 0 Å². The van der Waals surface area contributed by atoms with Crippen molar-refractivity contribution >= 4 is 24.9 Å². The van der Waals surface area contributed by atoms with Crippen LogP contribution in [0.5, 0.6) is 0 Å². The van der Waals surface area contributed by atoms with Gasteiger partial charge in [0.2, 0.25) is 0 Å². The van der Waals surface area contributed by atoms with Crippen LogP contribution < -0.4 is 5.32 Å². The molecule has 0 heterocycles. The fourth-order valence-corrected chi connectivity index (χ4v) is 3.57. The van der Waals surface area contributed by atoms with Gasteiger partial charge in [0.05, 0.1) is 6.61 Å². The van der Waals surface area contributed by atoms with Gasteiger partial charge in [-0.15, -0.1) is 0 Å². The smallest absolute Gasteiger partial charge is 0.354 e. The van der Waals surface area contributed by atoms with E-state index >= 15 is 0 Å². The number of benzene rings is 2. The van der Waals surface area contributed by atoms with Gasteiger partial charge in [-0.2, -0.15) is 0 Å². The van der Waals surface area contributed by atoms with E-state index in [9.17, 15) is 9.46 Å². The summed E-state index contributed by atoms with van der Waals surface area (Å²) in [6, 6.07) is 14.4. The van der Waals surface area contributed by atoms with Crippen molar-refractivity contribution in [2.24, 2.45) is 0 Å². The van der Waals surface area contributed by atoms with Crippen LogP contribution in [-0.2, 0) is 9.09 Å². The first kappa shape index (κ1) is 17.0. The van der Waals surface area contributed by atoms with Crippen molar-refractivity contribution in [2.75, 3.05) is 11.9 Å². The Bertz CT molecular complexity index is 658. The molecular weight excluding hydrogens is 321 g/mol. The molecule has 0 aliphatic rings. The Morgan fingerprint density at radius 2 is 1.77 bits per heavy atom. The molecule has 4 nitrogen and oxygen atoms in total. The lowest BCUT2D eigenvalue weighted by atomic mass is 10.2. The summed E-state index contributed by atoms with van der Waals surface area (Å²) in [7, 11) is -3.87. The topological polar surface area (TPSA) is 58.6 Å². The Kier molecular flexibility index (Phi) is 5.65. The molecule has 0 radical (unpaired) electrons. The van der Waals surface area contributed by atoms with Crippen LogP contribution in [0.2, 0.25) is 5.02 Å². The van der Waals surface area contributed by atoms with E-state index in [0.29, 0.717) is 10.6 Å². The first-order chi connectivity index (χ1) is 10.4. The molecule has 0 aliphatic heterocycles. The summed E-state index contributed by atoms with van der Waals surface area (Å²) >= 11 is 5.89. The summed E-state index contributed by atoms with van der Waals surface area (Å²) in [5.74, 6) is -0.854. The molecule has 118 valence electrons. The van der Waals surface area contributed by atoms with Gasteiger partial charge in [0.15, 0.2) is 5.78 Å². The third-order valence-electron chi connectivity index (χ3n) is 3.18. The molecule has 6 heteroatoms. The summed E-state index contributed by atoms with van der Waals surface area (Å²) in [4.78, 5) is 10.3. The summed E-state index contributed by atoms with van der Waals surface area (Å²) in [5, 5.41) is 3.66. The van der Waals surface area contributed by atoms with E-state index in [0.717, 1.165) is 11.3 Å². The zero-order valence-electron chi connectivity index (χ0n) is 12.5. The molecule has 2 unspecified atom stereocenters. The van der Waals surface area contributed by atoms with Crippen molar-refractivity contribution in [3.05, 3.63) is 64.7 Å². The average molecular weight is 340 g/mol. The van der Waals surface area contributed by atoms with Crippen LogP contribution in [-0.4, -0.2) is 11.5 Å². The summed E-state index contributed by atoms with van der Waals surface area (Å²) < 4.78 is 17.6. The summed E-state index contributed by atoms with van der Waals surface area (Å²) in [6.07, 6.45) is 0. The summed E-state index contributed by atoms with van der Waals surface area (Å²) in [6.45, 7) is 3.83. The summed E-state index contributed by atoms with van der Waals surface area (Å²) in [5.41, 5.74) is 2.51. The Labute approximate surface area is 135 Å². The molecule has 2 aromatic carbocycles. The van der Waals surface area contributed by atoms with Crippen LogP contribution >= 0.6 is 19.2 Å². The van der Waals surface area contributed by atoms with Crippen LogP contribution in [0.4, 0.5) is 5.69 Å². The fraction of sp³-hybridized carbons (Fsp3) is 0.250. The highest BCUT2D eigenvalue weighted by molar-refractivity contribution is 7.53. The SMILES string of the molecule is CCOP(=O)(O)C(Nc1ccc(C)cc1)c1ccc(Cl)cc1. The molecule has 2 aromatic rings. The molecule has 22 heavy (non-hydrogen) atoms. The van der Waals surface area contributed by atoms with Crippen molar-refractivity contribution in [1.29, 1.82) is 0 Å². The maximum absolute atomic E-state index is 12.5. The van der Waals surface area contributed by atoms with Crippen molar-refractivity contribution in [1.82, 2.24) is 0 Å². The fourth-order valence-electron chi connectivity index (χ4n) is 2.07. The molecule has 2 atom stereocenters. The minimum absolute atomic E-state index is 0.160. The molecule has 0 spiro atoms. The number of hydrogen-bond donors (Lipinski definition) is 2. The van der Waals surface area contributed by atoms with Gasteiger partial charge in [0, 0.05) is 10.7 Å². The molecule has 0 saturated carbocycles. The molecule has 2 rings (SSSR count). The zero-order valence-corrected chi connectivity index (χ0v) is 14.1. The molecule has 0 aliphatic carbocycles. The van der Waals surface area contributed by atoms with Gasteiger partial charge >= 0.3 is 7.60 Å². The number of rotatable bonds is 6. The minimum Gasteiger partial charge on any atom is -0.368 e. The van der Waals surface area contributed by atoms with Crippen LogP contribution in [0.3, 0.4) is 0 Å². The Morgan fingerprint density at radius 3 is 2.32 bits per heavy atom. The molecule has 0 saturated heterocycles. The Morgan fingerprint density at radius 1 is 1.18 bits per heavy atom. The minimum atomic E-state index is -3.87. The number of aryl methyl sites for hydroxylation is 1. The monoisotopic (exact) mass is 339 g/mol. The van der Waals surface area contributed by atoms with Gasteiger partial charge in [0.1, 0.15) is 0 Å². The van der Waals surface area contributed by atoms with E-state index in [1.165, 1.54) is 0 Å². The molecular formula is C16H19ClNO3P. The first-order valence-corrected chi connectivity index (χ1v) is 9.00. The van der Waals surface area contributed by atoms with E-state index in [4.69, 9.17) is 16.1 Å².